The molecule has 1 aliphatic heterocycles. The van der Waals surface area contributed by atoms with Crippen LogP contribution in [0.5, 0.6) is 0 Å². The van der Waals surface area contributed by atoms with Gasteiger partial charge in [-0.1, -0.05) is 37.6 Å². The number of hydrogen-bond donors (Lipinski definition) is 0. The van der Waals surface area contributed by atoms with Crippen LogP contribution in [0, 0.1) is 5.82 Å². The van der Waals surface area contributed by atoms with Crippen LogP contribution in [0.4, 0.5) is 4.39 Å². The molecule has 8 heteroatoms. The number of sulfonamides is 1. The minimum absolute atomic E-state index is 0.0466. The Morgan fingerprint density at radius 2 is 1.64 bits per heavy atom. The summed E-state index contributed by atoms with van der Waals surface area (Å²) in [6, 6.07) is 10.5. The van der Waals surface area contributed by atoms with E-state index in [2.05, 4.69) is 0 Å². The van der Waals surface area contributed by atoms with Crippen LogP contribution in [-0.2, 0) is 10.0 Å². The van der Waals surface area contributed by atoms with Crippen molar-refractivity contribution in [3.63, 3.8) is 0 Å². The van der Waals surface area contributed by atoms with Gasteiger partial charge < -0.3 is 4.90 Å². The smallest absolute Gasteiger partial charge is 0.255 e. The molecule has 5 nitrogen and oxygen atoms in total. The third-order valence-corrected chi connectivity index (χ3v) is 7.10. The number of halogens is 2. The fourth-order valence-electron chi connectivity index (χ4n) is 3.14. The van der Waals surface area contributed by atoms with E-state index >= 15 is 0 Å². The molecule has 1 aliphatic rings. The Morgan fingerprint density at radius 3 is 2.18 bits per heavy atom. The molecule has 0 bridgehead atoms. The SMILES string of the molecule is CC(C)c1ccc(S(=O)(=O)N2CCN(C(=O)c3ccc(F)cc3Cl)CC2)cc1. The van der Waals surface area contributed by atoms with Crippen molar-refractivity contribution in [3.8, 4) is 0 Å². The number of carbonyl (C=O) groups excluding carboxylic acids is 1. The zero-order valence-electron chi connectivity index (χ0n) is 15.7. The Bertz CT molecular complexity index is 969. The van der Waals surface area contributed by atoms with Crippen LogP contribution in [0.15, 0.2) is 47.4 Å². The lowest BCUT2D eigenvalue weighted by Crippen LogP contribution is -2.50. The van der Waals surface area contributed by atoms with Gasteiger partial charge in [-0.15, -0.1) is 0 Å². The minimum atomic E-state index is -3.61. The van der Waals surface area contributed by atoms with Gasteiger partial charge in [0.05, 0.1) is 15.5 Å². The molecule has 1 fully saturated rings. The molecule has 0 unspecified atom stereocenters. The molecule has 1 saturated heterocycles. The van der Waals surface area contributed by atoms with E-state index in [0.29, 0.717) is 5.92 Å². The highest BCUT2D eigenvalue weighted by atomic mass is 35.5. The van der Waals surface area contributed by atoms with Crippen molar-refractivity contribution in [1.82, 2.24) is 9.21 Å². The van der Waals surface area contributed by atoms with Crippen molar-refractivity contribution in [3.05, 3.63) is 64.4 Å². The van der Waals surface area contributed by atoms with Gasteiger partial charge in [-0.25, -0.2) is 12.8 Å². The van der Waals surface area contributed by atoms with E-state index in [1.54, 1.807) is 12.1 Å². The molecule has 0 N–H and O–H groups in total. The summed E-state index contributed by atoms with van der Waals surface area (Å²) in [6.45, 7) is 4.98. The van der Waals surface area contributed by atoms with Gasteiger partial charge in [0, 0.05) is 26.2 Å². The highest BCUT2D eigenvalue weighted by Gasteiger charge is 2.31. The van der Waals surface area contributed by atoms with Gasteiger partial charge in [-0.05, 0) is 41.8 Å². The number of hydrogen-bond acceptors (Lipinski definition) is 3. The van der Waals surface area contributed by atoms with Gasteiger partial charge in [0.1, 0.15) is 5.82 Å². The predicted octanol–water partition coefficient (Wildman–Crippen LogP) is 3.75. The van der Waals surface area contributed by atoms with Crippen LogP contribution in [0.1, 0.15) is 35.7 Å². The molecular formula is C20H22ClFN2O3S. The topological polar surface area (TPSA) is 57.7 Å². The Hall–Kier alpha value is -1.96. The zero-order chi connectivity index (χ0) is 20.5. The lowest BCUT2D eigenvalue weighted by Gasteiger charge is -2.34. The average molecular weight is 425 g/mol. The molecule has 0 saturated carbocycles. The van der Waals surface area contributed by atoms with Crippen molar-refractivity contribution in [1.29, 1.82) is 0 Å². The standard InChI is InChI=1S/C20H22ClFN2O3S/c1-14(2)15-3-6-17(7-4-15)28(26,27)24-11-9-23(10-12-24)20(25)18-8-5-16(22)13-19(18)21/h3-8,13-14H,9-12H2,1-2H3. The molecule has 0 aliphatic carbocycles. The molecule has 2 aromatic carbocycles. The third-order valence-electron chi connectivity index (χ3n) is 4.87. The lowest BCUT2D eigenvalue weighted by atomic mass is 10.0. The monoisotopic (exact) mass is 424 g/mol. The maximum atomic E-state index is 13.2. The molecule has 0 radical (unpaired) electrons. The first kappa shape index (κ1) is 20.8. The summed E-state index contributed by atoms with van der Waals surface area (Å²) in [7, 11) is -3.61. The van der Waals surface area contributed by atoms with Gasteiger partial charge in [0.15, 0.2) is 0 Å². The summed E-state index contributed by atoms with van der Waals surface area (Å²) in [5.41, 5.74) is 1.29. The summed E-state index contributed by atoms with van der Waals surface area (Å²) in [5.74, 6) is -0.520. The van der Waals surface area contributed by atoms with E-state index in [1.165, 1.54) is 21.3 Å². The molecule has 0 atom stereocenters. The highest BCUT2D eigenvalue weighted by Crippen LogP contribution is 2.23. The first-order valence-corrected chi connectivity index (χ1v) is 10.9. The molecule has 0 spiro atoms. The van der Waals surface area contributed by atoms with Crippen LogP contribution < -0.4 is 0 Å². The molecular weight excluding hydrogens is 403 g/mol. The first-order chi connectivity index (χ1) is 13.2. The Labute approximate surface area is 169 Å². The summed E-state index contributed by atoms with van der Waals surface area (Å²) in [4.78, 5) is 14.4. The summed E-state index contributed by atoms with van der Waals surface area (Å²) < 4.78 is 40.3. The fourth-order valence-corrected chi connectivity index (χ4v) is 4.81. The normalized spacial score (nSPS) is 15.8. The second kappa shape index (κ2) is 8.19. The van der Waals surface area contributed by atoms with E-state index in [0.717, 1.165) is 11.6 Å². The first-order valence-electron chi connectivity index (χ1n) is 9.04. The molecule has 1 heterocycles. The molecule has 150 valence electrons. The Kier molecular flexibility index (Phi) is 6.07. The fraction of sp³-hybridized carbons (Fsp3) is 0.350. The summed E-state index contributed by atoms with van der Waals surface area (Å²) >= 11 is 5.97. The van der Waals surface area contributed by atoms with E-state index < -0.39 is 15.8 Å². The number of benzene rings is 2. The number of carbonyl (C=O) groups is 1. The quantitative estimate of drug-likeness (QED) is 0.751. The van der Waals surface area contributed by atoms with Crippen molar-refractivity contribution in [2.45, 2.75) is 24.7 Å². The number of piperazine rings is 1. The van der Waals surface area contributed by atoms with Crippen molar-refractivity contribution >= 4 is 27.5 Å². The predicted molar refractivity (Wildman–Crippen MR) is 107 cm³/mol. The van der Waals surface area contributed by atoms with Gasteiger partial charge in [-0.2, -0.15) is 4.31 Å². The lowest BCUT2D eigenvalue weighted by molar-refractivity contribution is 0.0698. The zero-order valence-corrected chi connectivity index (χ0v) is 17.3. The number of amides is 1. The van der Waals surface area contributed by atoms with Gasteiger partial charge >= 0.3 is 0 Å². The van der Waals surface area contributed by atoms with Gasteiger partial charge in [0.2, 0.25) is 10.0 Å². The van der Waals surface area contributed by atoms with E-state index in [4.69, 9.17) is 11.6 Å². The second-order valence-corrected chi connectivity index (χ2v) is 9.39. The summed E-state index contributed by atoms with van der Waals surface area (Å²) in [5, 5.41) is 0.0466. The van der Waals surface area contributed by atoms with Gasteiger partial charge in [0.25, 0.3) is 5.91 Å². The molecule has 2 aromatic rings. The highest BCUT2D eigenvalue weighted by molar-refractivity contribution is 7.89. The Morgan fingerprint density at radius 1 is 1.04 bits per heavy atom. The van der Waals surface area contributed by atoms with Crippen molar-refractivity contribution in [2.75, 3.05) is 26.2 Å². The maximum absolute atomic E-state index is 13.2. The third kappa shape index (κ3) is 4.21. The van der Waals surface area contributed by atoms with E-state index in [-0.39, 0.29) is 47.6 Å². The van der Waals surface area contributed by atoms with E-state index in [9.17, 15) is 17.6 Å². The second-order valence-electron chi connectivity index (χ2n) is 7.04. The van der Waals surface area contributed by atoms with Crippen LogP contribution in [0.2, 0.25) is 5.02 Å². The van der Waals surface area contributed by atoms with Crippen LogP contribution in [-0.4, -0.2) is 49.7 Å². The largest absolute Gasteiger partial charge is 0.336 e. The maximum Gasteiger partial charge on any atom is 0.255 e. The van der Waals surface area contributed by atoms with Crippen molar-refractivity contribution < 1.29 is 17.6 Å². The number of rotatable bonds is 4. The van der Waals surface area contributed by atoms with Crippen molar-refractivity contribution in [2.24, 2.45) is 0 Å². The Balaban J connectivity index is 1.69. The van der Waals surface area contributed by atoms with Crippen LogP contribution >= 0.6 is 11.6 Å². The van der Waals surface area contributed by atoms with E-state index in [1.807, 2.05) is 26.0 Å². The molecule has 0 aromatic heterocycles. The summed E-state index contributed by atoms with van der Waals surface area (Å²) in [6.07, 6.45) is 0. The number of nitrogens with zero attached hydrogens (tertiary/aromatic N) is 2. The van der Waals surface area contributed by atoms with Gasteiger partial charge in [-0.3, -0.25) is 4.79 Å². The molecule has 28 heavy (non-hydrogen) atoms. The average Bonchev–Trinajstić information content (AvgIpc) is 2.67. The molecule has 1 amide bonds. The van der Waals surface area contributed by atoms with Crippen LogP contribution in [0.25, 0.3) is 0 Å². The minimum Gasteiger partial charge on any atom is -0.336 e. The van der Waals surface area contributed by atoms with Crippen LogP contribution in [0.3, 0.4) is 0 Å². The molecule has 3 rings (SSSR count).